The molecule has 0 aromatic carbocycles. The predicted octanol–water partition coefficient (Wildman–Crippen LogP) is 1.99. The van der Waals surface area contributed by atoms with Crippen molar-refractivity contribution in [3.63, 3.8) is 0 Å². The molecule has 1 aliphatic heterocycles. The third-order valence-corrected chi connectivity index (χ3v) is 5.07. The first kappa shape index (κ1) is 12.7. The van der Waals surface area contributed by atoms with Crippen LogP contribution in [-0.4, -0.2) is 32.6 Å². The van der Waals surface area contributed by atoms with Crippen molar-refractivity contribution in [3.8, 4) is 0 Å². The number of aromatic nitrogens is 3. The topological polar surface area (TPSA) is 57.0 Å². The molecule has 0 aliphatic carbocycles. The maximum Gasteiger partial charge on any atom is 0.319 e. The summed E-state index contributed by atoms with van der Waals surface area (Å²) in [6.07, 6.45) is 3.43. The molecule has 1 saturated heterocycles. The highest BCUT2D eigenvalue weighted by molar-refractivity contribution is 8.00. The van der Waals surface area contributed by atoms with E-state index in [1.807, 2.05) is 4.57 Å². The van der Waals surface area contributed by atoms with Crippen LogP contribution in [-0.2, 0) is 22.5 Å². The van der Waals surface area contributed by atoms with Crippen molar-refractivity contribution in [2.24, 2.45) is 0 Å². The summed E-state index contributed by atoms with van der Waals surface area (Å²) < 4.78 is 6.95. The van der Waals surface area contributed by atoms with Crippen LogP contribution in [0.25, 0.3) is 0 Å². The summed E-state index contributed by atoms with van der Waals surface area (Å²) in [6, 6.07) is 4.17. The van der Waals surface area contributed by atoms with Gasteiger partial charge in [-0.05, 0) is 17.9 Å². The van der Waals surface area contributed by atoms with Crippen molar-refractivity contribution in [1.29, 1.82) is 0 Å². The van der Waals surface area contributed by atoms with Crippen molar-refractivity contribution >= 4 is 29.1 Å². The van der Waals surface area contributed by atoms with E-state index in [-0.39, 0.29) is 11.2 Å². The van der Waals surface area contributed by atoms with E-state index in [4.69, 9.17) is 4.74 Å². The molecular formula is C12H13N3O2S2. The van der Waals surface area contributed by atoms with E-state index in [1.165, 1.54) is 16.6 Å². The molecule has 3 rings (SSSR count). The van der Waals surface area contributed by atoms with E-state index >= 15 is 0 Å². The number of cyclic esters (lactones) is 1. The van der Waals surface area contributed by atoms with Crippen molar-refractivity contribution in [2.45, 2.75) is 29.8 Å². The lowest BCUT2D eigenvalue weighted by molar-refractivity contribution is -0.137. The van der Waals surface area contributed by atoms with Crippen LogP contribution in [0.1, 0.15) is 11.3 Å². The molecule has 0 amide bonds. The lowest BCUT2D eigenvalue weighted by atomic mass is 10.3. The molecule has 0 bridgehead atoms. The van der Waals surface area contributed by atoms with Crippen molar-refractivity contribution < 1.29 is 9.53 Å². The van der Waals surface area contributed by atoms with Crippen LogP contribution in [0.5, 0.6) is 0 Å². The van der Waals surface area contributed by atoms with Crippen LogP contribution in [0.3, 0.4) is 0 Å². The number of hydrogen-bond donors (Lipinski definition) is 0. The first-order chi connectivity index (χ1) is 9.33. The average molecular weight is 295 g/mol. The maximum absolute atomic E-state index is 11.5. The molecule has 0 spiro atoms. The Bertz CT molecular complexity index is 553. The highest BCUT2D eigenvalue weighted by Gasteiger charge is 2.29. The van der Waals surface area contributed by atoms with E-state index in [2.05, 4.69) is 27.7 Å². The lowest BCUT2D eigenvalue weighted by Gasteiger charge is -2.07. The maximum atomic E-state index is 11.5. The number of hydrogen-bond acceptors (Lipinski definition) is 6. The van der Waals surface area contributed by atoms with Gasteiger partial charge >= 0.3 is 5.97 Å². The van der Waals surface area contributed by atoms with Gasteiger partial charge in [0.15, 0.2) is 5.16 Å². The van der Waals surface area contributed by atoms with Crippen LogP contribution in [0.4, 0.5) is 0 Å². The van der Waals surface area contributed by atoms with E-state index in [9.17, 15) is 4.79 Å². The van der Waals surface area contributed by atoms with Crippen LogP contribution >= 0.6 is 23.1 Å². The Morgan fingerprint density at radius 1 is 1.58 bits per heavy atom. The van der Waals surface area contributed by atoms with E-state index in [1.54, 1.807) is 17.7 Å². The highest BCUT2D eigenvalue weighted by atomic mass is 32.2. The minimum absolute atomic E-state index is 0.135. The number of aryl methyl sites for hydroxylation is 2. The standard InChI is InChI=1S/C12H13N3O2S2/c16-11-10(4-6-17-11)19-12-14-13-8-15(12)5-3-9-2-1-7-18-9/h1-2,7-8,10H,3-6H2. The largest absolute Gasteiger partial charge is 0.465 e. The summed E-state index contributed by atoms with van der Waals surface area (Å²) >= 11 is 3.20. The number of rotatable bonds is 5. The second-order valence-electron chi connectivity index (χ2n) is 4.20. The molecule has 100 valence electrons. The highest BCUT2D eigenvalue weighted by Crippen LogP contribution is 2.28. The zero-order valence-electron chi connectivity index (χ0n) is 10.2. The molecule has 1 unspecified atom stereocenters. The van der Waals surface area contributed by atoms with Crippen molar-refractivity contribution in [1.82, 2.24) is 14.8 Å². The van der Waals surface area contributed by atoms with Gasteiger partial charge in [-0.2, -0.15) is 0 Å². The summed E-state index contributed by atoms with van der Waals surface area (Å²) in [5.74, 6) is -0.141. The van der Waals surface area contributed by atoms with Gasteiger partial charge in [-0.3, -0.25) is 4.79 Å². The number of carbonyl (C=O) groups is 1. The number of thioether (sulfide) groups is 1. The number of ether oxygens (including phenoxy) is 1. The molecule has 1 fully saturated rings. The molecule has 0 saturated carbocycles. The smallest absolute Gasteiger partial charge is 0.319 e. The fourth-order valence-corrected chi connectivity index (χ4v) is 3.59. The molecule has 0 N–H and O–H groups in total. The summed E-state index contributed by atoms with van der Waals surface area (Å²) in [5.41, 5.74) is 0. The van der Waals surface area contributed by atoms with Gasteiger partial charge in [0.2, 0.25) is 0 Å². The molecule has 1 aliphatic rings. The molecule has 2 aromatic heterocycles. The minimum Gasteiger partial charge on any atom is -0.465 e. The Hall–Kier alpha value is -1.34. The van der Waals surface area contributed by atoms with Gasteiger partial charge in [-0.25, -0.2) is 0 Å². The quantitative estimate of drug-likeness (QED) is 0.790. The fraction of sp³-hybridized carbons (Fsp3) is 0.417. The second-order valence-corrected chi connectivity index (χ2v) is 6.40. The lowest BCUT2D eigenvalue weighted by Crippen LogP contribution is -2.11. The normalized spacial score (nSPS) is 18.7. The summed E-state index contributed by atoms with van der Waals surface area (Å²) in [4.78, 5) is 12.8. The number of thiophene rings is 1. The summed E-state index contributed by atoms with van der Waals surface area (Å²) in [6.45, 7) is 1.34. The van der Waals surface area contributed by atoms with E-state index in [0.29, 0.717) is 6.61 Å². The van der Waals surface area contributed by atoms with Crippen molar-refractivity contribution in [2.75, 3.05) is 6.61 Å². The van der Waals surface area contributed by atoms with Gasteiger partial charge in [-0.15, -0.1) is 21.5 Å². The molecule has 3 heterocycles. The Morgan fingerprint density at radius 2 is 2.53 bits per heavy atom. The van der Waals surface area contributed by atoms with Crippen LogP contribution in [0, 0.1) is 0 Å². The Balaban J connectivity index is 1.63. The van der Waals surface area contributed by atoms with Gasteiger partial charge in [0.25, 0.3) is 0 Å². The fourth-order valence-electron chi connectivity index (χ4n) is 1.89. The zero-order chi connectivity index (χ0) is 13.1. The summed E-state index contributed by atoms with van der Waals surface area (Å²) in [7, 11) is 0. The molecule has 2 aromatic rings. The third-order valence-electron chi connectivity index (χ3n) is 2.89. The first-order valence-electron chi connectivity index (χ1n) is 6.06. The second kappa shape index (κ2) is 5.75. The first-order valence-corrected chi connectivity index (χ1v) is 7.82. The van der Waals surface area contributed by atoms with Gasteiger partial charge in [0.1, 0.15) is 11.6 Å². The molecule has 5 nitrogen and oxygen atoms in total. The van der Waals surface area contributed by atoms with Gasteiger partial charge in [0, 0.05) is 17.8 Å². The third kappa shape index (κ3) is 2.98. The molecule has 1 atom stereocenters. The van der Waals surface area contributed by atoms with E-state index in [0.717, 1.165) is 24.5 Å². The van der Waals surface area contributed by atoms with Crippen LogP contribution < -0.4 is 0 Å². The van der Waals surface area contributed by atoms with Crippen molar-refractivity contribution in [3.05, 3.63) is 28.7 Å². The molecular weight excluding hydrogens is 282 g/mol. The number of nitrogens with zero attached hydrogens (tertiary/aromatic N) is 3. The zero-order valence-corrected chi connectivity index (χ0v) is 11.8. The Morgan fingerprint density at radius 3 is 3.26 bits per heavy atom. The molecule has 0 radical (unpaired) electrons. The SMILES string of the molecule is O=C1OCCC1Sc1nncn1CCc1cccs1. The monoisotopic (exact) mass is 295 g/mol. The number of carbonyl (C=O) groups excluding carboxylic acids is 1. The van der Waals surface area contributed by atoms with Gasteiger partial charge in [-0.1, -0.05) is 17.8 Å². The van der Waals surface area contributed by atoms with Gasteiger partial charge in [0.05, 0.1) is 6.61 Å². The summed E-state index contributed by atoms with van der Waals surface area (Å²) in [5, 5.41) is 10.8. The average Bonchev–Trinajstić information content (AvgIpc) is 3.12. The molecule has 19 heavy (non-hydrogen) atoms. The van der Waals surface area contributed by atoms with E-state index < -0.39 is 0 Å². The minimum atomic E-state index is -0.141. The Kier molecular flexibility index (Phi) is 3.84. The van der Waals surface area contributed by atoms with Crippen LogP contribution in [0.15, 0.2) is 29.0 Å². The van der Waals surface area contributed by atoms with Gasteiger partial charge < -0.3 is 9.30 Å². The number of esters is 1. The molecule has 7 heteroatoms. The Labute approximate surface area is 119 Å². The predicted molar refractivity (Wildman–Crippen MR) is 73.3 cm³/mol. The van der Waals surface area contributed by atoms with Crippen LogP contribution in [0.2, 0.25) is 0 Å².